The van der Waals surface area contributed by atoms with E-state index in [0.29, 0.717) is 0 Å². The Morgan fingerprint density at radius 2 is 2.08 bits per heavy atom. The lowest BCUT2D eigenvalue weighted by Gasteiger charge is -2.30. The molecule has 1 saturated heterocycles. The molecular weight excluding hydrogens is 175 g/mol. The SMILES string of the molecule is OCC1CNC[C@@H](C(F)(F)F)O1. The monoisotopic (exact) mass is 185 g/mol. The summed E-state index contributed by atoms with van der Waals surface area (Å²) in [6, 6.07) is 0. The second-order valence-electron chi connectivity index (χ2n) is 2.63. The molecule has 2 atom stereocenters. The molecule has 0 bridgehead atoms. The van der Waals surface area contributed by atoms with E-state index < -0.39 is 18.4 Å². The highest BCUT2D eigenvalue weighted by Crippen LogP contribution is 2.24. The Hall–Kier alpha value is -0.330. The van der Waals surface area contributed by atoms with E-state index in [1.54, 1.807) is 0 Å². The first-order valence-electron chi connectivity index (χ1n) is 3.58. The quantitative estimate of drug-likeness (QED) is 0.599. The zero-order chi connectivity index (χ0) is 9.19. The van der Waals surface area contributed by atoms with E-state index in [-0.39, 0.29) is 19.7 Å². The number of nitrogens with one attached hydrogen (secondary N) is 1. The zero-order valence-electron chi connectivity index (χ0n) is 6.27. The molecule has 2 N–H and O–H groups in total. The van der Waals surface area contributed by atoms with Gasteiger partial charge in [-0.3, -0.25) is 0 Å². The first kappa shape index (κ1) is 9.76. The highest BCUT2D eigenvalue weighted by Gasteiger charge is 2.43. The summed E-state index contributed by atoms with van der Waals surface area (Å²) >= 11 is 0. The number of halogens is 3. The fourth-order valence-corrected chi connectivity index (χ4v) is 1.00. The van der Waals surface area contributed by atoms with Gasteiger partial charge in [0.25, 0.3) is 0 Å². The lowest BCUT2D eigenvalue weighted by Crippen LogP contribution is -2.52. The van der Waals surface area contributed by atoms with Crippen molar-refractivity contribution in [3.8, 4) is 0 Å². The Balaban J connectivity index is 2.46. The van der Waals surface area contributed by atoms with Gasteiger partial charge in [-0.25, -0.2) is 0 Å². The molecular formula is C6H10F3NO2. The Morgan fingerprint density at radius 1 is 1.42 bits per heavy atom. The summed E-state index contributed by atoms with van der Waals surface area (Å²) < 4.78 is 40.6. The maximum absolute atomic E-state index is 12.0. The average molecular weight is 185 g/mol. The minimum Gasteiger partial charge on any atom is -0.394 e. The minimum absolute atomic E-state index is 0.236. The molecule has 0 aromatic rings. The van der Waals surface area contributed by atoms with Gasteiger partial charge in [0.15, 0.2) is 6.10 Å². The minimum atomic E-state index is -4.35. The lowest BCUT2D eigenvalue weighted by molar-refractivity contribution is -0.242. The van der Waals surface area contributed by atoms with Crippen LogP contribution in [0.2, 0.25) is 0 Å². The van der Waals surface area contributed by atoms with E-state index in [1.165, 1.54) is 0 Å². The molecule has 1 aliphatic rings. The van der Waals surface area contributed by atoms with Gasteiger partial charge in [-0.2, -0.15) is 13.2 Å². The maximum Gasteiger partial charge on any atom is 0.415 e. The number of aliphatic hydroxyl groups excluding tert-OH is 1. The van der Waals surface area contributed by atoms with Crippen molar-refractivity contribution in [3.05, 3.63) is 0 Å². The molecule has 72 valence electrons. The molecule has 0 aromatic heterocycles. The van der Waals surface area contributed by atoms with Gasteiger partial charge in [0.1, 0.15) is 0 Å². The van der Waals surface area contributed by atoms with Crippen molar-refractivity contribution in [2.45, 2.75) is 18.4 Å². The molecule has 0 radical (unpaired) electrons. The van der Waals surface area contributed by atoms with Gasteiger partial charge in [-0.05, 0) is 0 Å². The number of ether oxygens (including phenoxy) is 1. The van der Waals surface area contributed by atoms with Gasteiger partial charge >= 0.3 is 6.18 Å². The van der Waals surface area contributed by atoms with Crippen molar-refractivity contribution in [2.75, 3.05) is 19.7 Å². The van der Waals surface area contributed by atoms with Crippen molar-refractivity contribution in [2.24, 2.45) is 0 Å². The summed E-state index contributed by atoms with van der Waals surface area (Å²) in [5.74, 6) is 0. The van der Waals surface area contributed by atoms with Gasteiger partial charge in [0.05, 0.1) is 12.7 Å². The number of aliphatic hydroxyl groups is 1. The van der Waals surface area contributed by atoms with Crippen molar-refractivity contribution in [1.29, 1.82) is 0 Å². The predicted octanol–water partition coefficient (Wildman–Crippen LogP) is -0.102. The molecule has 0 spiro atoms. The topological polar surface area (TPSA) is 41.5 Å². The van der Waals surface area contributed by atoms with Crippen LogP contribution in [0.3, 0.4) is 0 Å². The number of alkyl halides is 3. The van der Waals surface area contributed by atoms with Gasteiger partial charge in [0, 0.05) is 13.1 Å². The largest absolute Gasteiger partial charge is 0.415 e. The molecule has 6 heteroatoms. The predicted molar refractivity (Wildman–Crippen MR) is 34.7 cm³/mol. The van der Waals surface area contributed by atoms with Crippen molar-refractivity contribution < 1.29 is 23.0 Å². The molecule has 1 fully saturated rings. The number of hydrogen-bond acceptors (Lipinski definition) is 3. The van der Waals surface area contributed by atoms with Gasteiger partial charge in [-0.15, -0.1) is 0 Å². The van der Waals surface area contributed by atoms with E-state index in [2.05, 4.69) is 10.1 Å². The summed E-state index contributed by atoms with van der Waals surface area (Å²) in [6.45, 7) is -0.358. The summed E-state index contributed by atoms with van der Waals surface area (Å²) in [7, 11) is 0. The molecule has 0 amide bonds. The maximum atomic E-state index is 12.0. The van der Waals surface area contributed by atoms with E-state index in [4.69, 9.17) is 5.11 Å². The molecule has 0 aliphatic carbocycles. The van der Waals surface area contributed by atoms with E-state index in [1.807, 2.05) is 0 Å². The molecule has 1 rings (SSSR count). The average Bonchev–Trinajstić information content (AvgIpc) is 2.03. The normalized spacial score (nSPS) is 32.0. The first-order chi connectivity index (χ1) is 5.54. The molecule has 0 saturated carbocycles. The molecule has 1 unspecified atom stereocenters. The summed E-state index contributed by atoms with van der Waals surface area (Å²) in [6.07, 6.45) is -6.88. The molecule has 12 heavy (non-hydrogen) atoms. The Labute approximate surface area is 67.5 Å². The number of hydrogen-bond donors (Lipinski definition) is 2. The lowest BCUT2D eigenvalue weighted by atomic mass is 10.2. The van der Waals surface area contributed by atoms with Crippen LogP contribution in [0, 0.1) is 0 Å². The summed E-state index contributed by atoms with van der Waals surface area (Å²) in [5.41, 5.74) is 0. The first-order valence-corrected chi connectivity index (χ1v) is 3.58. The summed E-state index contributed by atoms with van der Waals surface area (Å²) in [4.78, 5) is 0. The van der Waals surface area contributed by atoms with Crippen LogP contribution in [-0.2, 0) is 4.74 Å². The van der Waals surface area contributed by atoms with Crippen LogP contribution in [0.25, 0.3) is 0 Å². The standard InChI is InChI=1S/C6H10F3NO2/c7-6(8,9)5-2-10-1-4(3-11)12-5/h4-5,10-11H,1-3H2/t4?,5-/m0/s1. The molecule has 0 aromatic carbocycles. The van der Waals surface area contributed by atoms with Gasteiger partial charge < -0.3 is 15.2 Å². The van der Waals surface area contributed by atoms with E-state index in [9.17, 15) is 13.2 Å². The third-order valence-electron chi connectivity index (χ3n) is 1.63. The van der Waals surface area contributed by atoms with Crippen molar-refractivity contribution >= 4 is 0 Å². The van der Waals surface area contributed by atoms with Crippen LogP contribution < -0.4 is 5.32 Å². The third-order valence-corrected chi connectivity index (χ3v) is 1.63. The highest BCUT2D eigenvalue weighted by molar-refractivity contribution is 4.78. The van der Waals surface area contributed by atoms with E-state index in [0.717, 1.165) is 0 Å². The molecule has 1 heterocycles. The third kappa shape index (κ3) is 2.33. The van der Waals surface area contributed by atoms with Crippen LogP contribution in [0.15, 0.2) is 0 Å². The van der Waals surface area contributed by atoms with Crippen LogP contribution in [0.4, 0.5) is 13.2 Å². The van der Waals surface area contributed by atoms with Crippen LogP contribution in [0.5, 0.6) is 0 Å². The summed E-state index contributed by atoms with van der Waals surface area (Å²) in [5, 5.41) is 11.1. The van der Waals surface area contributed by atoms with Crippen LogP contribution in [-0.4, -0.2) is 43.2 Å². The fourth-order valence-electron chi connectivity index (χ4n) is 1.00. The van der Waals surface area contributed by atoms with Gasteiger partial charge in [0.2, 0.25) is 0 Å². The number of morpholine rings is 1. The molecule has 3 nitrogen and oxygen atoms in total. The smallest absolute Gasteiger partial charge is 0.394 e. The van der Waals surface area contributed by atoms with Crippen molar-refractivity contribution in [3.63, 3.8) is 0 Å². The van der Waals surface area contributed by atoms with Crippen LogP contribution >= 0.6 is 0 Å². The zero-order valence-corrected chi connectivity index (χ0v) is 6.27. The second kappa shape index (κ2) is 3.59. The molecule has 1 aliphatic heterocycles. The number of rotatable bonds is 1. The Kier molecular flexibility index (Phi) is 2.92. The Bertz CT molecular complexity index is 150. The van der Waals surface area contributed by atoms with Crippen LogP contribution in [0.1, 0.15) is 0 Å². The highest BCUT2D eigenvalue weighted by atomic mass is 19.4. The second-order valence-corrected chi connectivity index (χ2v) is 2.63. The Morgan fingerprint density at radius 3 is 2.58 bits per heavy atom. The van der Waals surface area contributed by atoms with Crippen molar-refractivity contribution in [1.82, 2.24) is 5.32 Å². The van der Waals surface area contributed by atoms with E-state index >= 15 is 0 Å². The fraction of sp³-hybridized carbons (Fsp3) is 1.00. The van der Waals surface area contributed by atoms with Gasteiger partial charge in [-0.1, -0.05) is 0 Å².